The molecule has 0 aliphatic heterocycles. The van der Waals surface area contributed by atoms with E-state index in [-0.39, 0.29) is 0 Å². The molecule has 0 saturated heterocycles. The van der Waals surface area contributed by atoms with Crippen LogP contribution in [-0.2, 0) is 0 Å². The molecule has 12 heavy (non-hydrogen) atoms. The van der Waals surface area contributed by atoms with Gasteiger partial charge in [-0.25, -0.2) is 0 Å². The number of hydrogen-bond donors (Lipinski definition) is 1. The molecule has 0 radical (unpaired) electrons. The first-order chi connectivity index (χ1) is 5.49. The van der Waals surface area contributed by atoms with Gasteiger partial charge in [0, 0.05) is 12.1 Å². The van der Waals surface area contributed by atoms with Crippen molar-refractivity contribution >= 4 is 0 Å². The van der Waals surface area contributed by atoms with Crippen LogP contribution in [0.2, 0.25) is 0 Å². The molecule has 1 heteroatoms. The van der Waals surface area contributed by atoms with E-state index in [2.05, 4.69) is 46.5 Å². The van der Waals surface area contributed by atoms with Gasteiger partial charge in [-0.05, 0) is 26.2 Å². The van der Waals surface area contributed by atoms with Crippen LogP contribution in [0.25, 0.3) is 0 Å². The van der Waals surface area contributed by atoms with Crippen LogP contribution >= 0.6 is 0 Å². The average molecular weight is 169 g/mol. The summed E-state index contributed by atoms with van der Waals surface area (Å²) in [4.78, 5) is 0. The lowest BCUT2D eigenvalue weighted by Gasteiger charge is -2.23. The van der Waals surface area contributed by atoms with Crippen LogP contribution in [0, 0.1) is 5.92 Å². The molecule has 0 aromatic rings. The van der Waals surface area contributed by atoms with Crippen molar-refractivity contribution in [3.63, 3.8) is 0 Å². The fraction of sp³-hybridized carbons (Fsp3) is 0.818. The Labute approximate surface area is 77.2 Å². The highest BCUT2D eigenvalue weighted by Gasteiger charge is 2.11. The Kier molecular flexibility index (Phi) is 5.23. The van der Waals surface area contributed by atoms with Crippen LogP contribution in [0.3, 0.4) is 0 Å². The molecular weight excluding hydrogens is 146 g/mol. The smallest absolute Gasteiger partial charge is 0.0253 e. The Morgan fingerprint density at radius 3 is 2.08 bits per heavy atom. The molecule has 0 aromatic heterocycles. The molecule has 0 heterocycles. The highest BCUT2D eigenvalue weighted by atomic mass is 14.9. The van der Waals surface area contributed by atoms with Gasteiger partial charge in [0.05, 0.1) is 0 Å². The van der Waals surface area contributed by atoms with Crippen LogP contribution in [0.4, 0.5) is 0 Å². The number of hydrogen-bond acceptors (Lipinski definition) is 1. The van der Waals surface area contributed by atoms with Gasteiger partial charge in [0.1, 0.15) is 0 Å². The zero-order valence-corrected chi connectivity index (χ0v) is 9.15. The second-order valence-electron chi connectivity index (χ2n) is 3.93. The third-order valence-corrected chi connectivity index (χ3v) is 2.44. The molecule has 0 fully saturated rings. The van der Waals surface area contributed by atoms with Gasteiger partial charge in [-0.1, -0.05) is 32.9 Å². The molecule has 2 atom stereocenters. The molecule has 72 valence electrons. The molecule has 1 nitrogen and oxygen atoms in total. The molecule has 0 bridgehead atoms. The van der Waals surface area contributed by atoms with Crippen LogP contribution in [0.15, 0.2) is 12.2 Å². The van der Waals surface area contributed by atoms with Crippen LogP contribution in [0.5, 0.6) is 0 Å². The predicted molar refractivity (Wildman–Crippen MR) is 56.3 cm³/mol. The van der Waals surface area contributed by atoms with E-state index in [4.69, 9.17) is 0 Å². The van der Waals surface area contributed by atoms with Gasteiger partial charge in [0.15, 0.2) is 0 Å². The fourth-order valence-corrected chi connectivity index (χ4v) is 1.15. The second kappa shape index (κ2) is 5.36. The second-order valence-corrected chi connectivity index (χ2v) is 3.93. The summed E-state index contributed by atoms with van der Waals surface area (Å²) in [5.41, 5.74) is 1.30. The standard InChI is InChI=1S/C11H23N/c1-7-9(4)12-11(6)10(5)8(2)3/h8-9,11-12H,5,7H2,1-4,6H3. The first kappa shape index (κ1) is 11.7. The number of nitrogens with one attached hydrogen (secondary N) is 1. The summed E-state index contributed by atoms with van der Waals surface area (Å²) in [5, 5.41) is 3.51. The Morgan fingerprint density at radius 2 is 1.75 bits per heavy atom. The lowest BCUT2D eigenvalue weighted by atomic mass is 9.98. The monoisotopic (exact) mass is 169 g/mol. The molecule has 0 aromatic carbocycles. The van der Waals surface area contributed by atoms with Gasteiger partial charge in [0.25, 0.3) is 0 Å². The van der Waals surface area contributed by atoms with Gasteiger partial charge < -0.3 is 5.32 Å². The van der Waals surface area contributed by atoms with E-state index in [1.165, 1.54) is 12.0 Å². The summed E-state index contributed by atoms with van der Waals surface area (Å²) >= 11 is 0. The van der Waals surface area contributed by atoms with Crippen molar-refractivity contribution in [1.29, 1.82) is 0 Å². The van der Waals surface area contributed by atoms with E-state index in [9.17, 15) is 0 Å². The highest BCUT2D eigenvalue weighted by Crippen LogP contribution is 2.11. The Balaban J connectivity index is 3.86. The zero-order valence-electron chi connectivity index (χ0n) is 9.15. The molecule has 0 aliphatic rings. The Bertz CT molecular complexity index is 138. The van der Waals surface area contributed by atoms with Crippen molar-refractivity contribution < 1.29 is 0 Å². The molecule has 0 spiro atoms. The molecule has 0 saturated carbocycles. The van der Waals surface area contributed by atoms with E-state index in [0.29, 0.717) is 18.0 Å². The van der Waals surface area contributed by atoms with Gasteiger partial charge in [-0.3, -0.25) is 0 Å². The normalized spacial score (nSPS) is 16.2. The first-order valence-electron chi connectivity index (χ1n) is 4.93. The maximum atomic E-state index is 4.08. The van der Waals surface area contributed by atoms with E-state index >= 15 is 0 Å². The third kappa shape index (κ3) is 3.91. The van der Waals surface area contributed by atoms with E-state index in [1.54, 1.807) is 0 Å². The van der Waals surface area contributed by atoms with Crippen molar-refractivity contribution in [1.82, 2.24) is 5.32 Å². The van der Waals surface area contributed by atoms with Crippen molar-refractivity contribution in [3.8, 4) is 0 Å². The predicted octanol–water partition coefficient (Wildman–Crippen LogP) is 2.98. The first-order valence-corrected chi connectivity index (χ1v) is 4.93. The number of rotatable bonds is 5. The minimum absolute atomic E-state index is 0.444. The maximum absolute atomic E-state index is 4.08. The Hall–Kier alpha value is -0.300. The average Bonchev–Trinajstić information content (AvgIpc) is 2.02. The van der Waals surface area contributed by atoms with Gasteiger partial charge in [0.2, 0.25) is 0 Å². The molecule has 0 rings (SSSR count). The minimum atomic E-state index is 0.444. The quantitative estimate of drug-likeness (QED) is 0.624. The third-order valence-electron chi connectivity index (χ3n) is 2.44. The lowest BCUT2D eigenvalue weighted by Crippen LogP contribution is -2.36. The van der Waals surface area contributed by atoms with Crippen LogP contribution in [-0.4, -0.2) is 12.1 Å². The SMILES string of the molecule is C=C(C(C)C)C(C)NC(C)CC. The zero-order chi connectivity index (χ0) is 9.72. The van der Waals surface area contributed by atoms with Gasteiger partial charge in [-0.15, -0.1) is 0 Å². The molecule has 1 N–H and O–H groups in total. The summed E-state index contributed by atoms with van der Waals surface area (Å²) in [5.74, 6) is 0.580. The van der Waals surface area contributed by atoms with Crippen molar-refractivity contribution in [3.05, 3.63) is 12.2 Å². The topological polar surface area (TPSA) is 12.0 Å². The van der Waals surface area contributed by atoms with E-state index < -0.39 is 0 Å². The molecular formula is C11H23N. The fourth-order valence-electron chi connectivity index (χ4n) is 1.15. The van der Waals surface area contributed by atoms with Crippen LogP contribution < -0.4 is 5.32 Å². The van der Waals surface area contributed by atoms with Gasteiger partial charge in [-0.2, -0.15) is 0 Å². The van der Waals surface area contributed by atoms with Gasteiger partial charge >= 0.3 is 0 Å². The van der Waals surface area contributed by atoms with E-state index in [1.807, 2.05) is 0 Å². The molecule has 0 aliphatic carbocycles. The lowest BCUT2D eigenvalue weighted by molar-refractivity contribution is 0.471. The highest BCUT2D eigenvalue weighted by molar-refractivity contribution is 5.06. The summed E-state index contributed by atoms with van der Waals surface area (Å²) in [6.07, 6.45) is 1.18. The van der Waals surface area contributed by atoms with Crippen molar-refractivity contribution in [2.24, 2.45) is 5.92 Å². The summed E-state index contributed by atoms with van der Waals surface area (Å²) in [6.45, 7) is 15.1. The van der Waals surface area contributed by atoms with E-state index in [0.717, 1.165) is 0 Å². The summed E-state index contributed by atoms with van der Waals surface area (Å²) in [7, 11) is 0. The summed E-state index contributed by atoms with van der Waals surface area (Å²) < 4.78 is 0. The minimum Gasteiger partial charge on any atom is -0.308 e. The molecule has 2 unspecified atom stereocenters. The van der Waals surface area contributed by atoms with Crippen molar-refractivity contribution in [2.45, 2.75) is 53.1 Å². The summed E-state index contributed by atoms with van der Waals surface area (Å²) in [6, 6.07) is 1.04. The largest absolute Gasteiger partial charge is 0.308 e. The Morgan fingerprint density at radius 1 is 1.25 bits per heavy atom. The molecule has 0 amide bonds. The van der Waals surface area contributed by atoms with Crippen LogP contribution in [0.1, 0.15) is 41.0 Å². The van der Waals surface area contributed by atoms with Crippen molar-refractivity contribution in [2.75, 3.05) is 0 Å². The maximum Gasteiger partial charge on any atom is 0.0253 e.